The maximum absolute atomic E-state index is 13.7. The zero-order valence-electron chi connectivity index (χ0n) is 13.5. The predicted molar refractivity (Wildman–Crippen MR) is 88.2 cm³/mol. The Morgan fingerprint density at radius 3 is 2.36 bits per heavy atom. The maximum atomic E-state index is 13.7. The molecule has 1 amide bonds. The van der Waals surface area contributed by atoms with Gasteiger partial charge in [-0.2, -0.15) is 0 Å². The fraction of sp³-hybridized carbons (Fsp3) is 0.188. The minimum absolute atomic E-state index is 0.0127. The second-order valence-corrected chi connectivity index (χ2v) is 6.61. The standard InChI is InChI=1S/C16H16F2N2O4S/c1-3-19-16(21)11-9-10(7-8-14(11)24-2)25(22,23)20-15-12(17)5-4-6-13(15)18/h4-9,20H,3H2,1-2H3,(H,19,21). The summed E-state index contributed by atoms with van der Waals surface area (Å²) in [5, 5.41) is 2.53. The van der Waals surface area contributed by atoms with Crippen LogP contribution < -0.4 is 14.8 Å². The molecule has 2 aromatic rings. The van der Waals surface area contributed by atoms with Crippen molar-refractivity contribution in [3.05, 3.63) is 53.6 Å². The lowest BCUT2D eigenvalue weighted by atomic mass is 10.2. The monoisotopic (exact) mass is 370 g/mol. The Morgan fingerprint density at radius 1 is 1.16 bits per heavy atom. The number of nitrogens with one attached hydrogen (secondary N) is 2. The molecule has 134 valence electrons. The van der Waals surface area contributed by atoms with E-state index in [4.69, 9.17) is 4.74 Å². The van der Waals surface area contributed by atoms with E-state index >= 15 is 0 Å². The molecule has 0 heterocycles. The van der Waals surface area contributed by atoms with Gasteiger partial charge in [0.05, 0.1) is 17.6 Å². The van der Waals surface area contributed by atoms with Gasteiger partial charge in [0.2, 0.25) is 0 Å². The minimum atomic E-state index is -4.32. The number of anilines is 1. The Bertz CT molecular complexity index is 881. The number of ether oxygens (including phenoxy) is 1. The molecule has 9 heteroatoms. The Kier molecular flexibility index (Phi) is 5.58. The van der Waals surface area contributed by atoms with Gasteiger partial charge in [-0.25, -0.2) is 17.2 Å². The third kappa shape index (κ3) is 4.05. The molecule has 0 unspecified atom stereocenters. The quantitative estimate of drug-likeness (QED) is 0.818. The second kappa shape index (κ2) is 7.47. The first-order valence-electron chi connectivity index (χ1n) is 7.23. The molecule has 2 aromatic carbocycles. The van der Waals surface area contributed by atoms with Gasteiger partial charge >= 0.3 is 0 Å². The molecule has 0 bridgehead atoms. The predicted octanol–water partition coefficient (Wildman–Crippen LogP) is 2.52. The van der Waals surface area contributed by atoms with Crippen molar-refractivity contribution in [3.8, 4) is 5.75 Å². The highest BCUT2D eigenvalue weighted by Gasteiger charge is 2.22. The highest BCUT2D eigenvalue weighted by Crippen LogP contribution is 2.26. The van der Waals surface area contributed by atoms with E-state index in [1.165, 1.54) is 19.2 Å². The number of benzene rings is 2. The van der Waals surface area contributed by atoms with Crippen molar-refractivity contribution >= 4 is 21.6 Å². The van der Waals surface area contributed by atoms with Crippen LogP contribution in [-0.2, 0) is 10.0 Å². The molecule has 0 atom stereocenters. The lowest BCUT2D eigenvalue weighted by Gasteiger charge is -2.13. The smallest absolute Gasteiger partial charge is 0.262 e. The Hall–Kier alpha value is -2.68. The lowest BCUT2D eigenvalue weighted by Crippen LogP contribution is -2.24. The molecule has 0 spiro atoms. The van der Waals surface area contributed by atoms with Crippen LogP contribution in [0.15, 0.2) is 41.3 Å². The number of para-hydroxylation sites is 1. The highest BCUT2D eigenvalue weighted by atomic mass is 32.2. The first-order chi connectivity index (χ1) is 11.8. The van der Waals surface area contributed by atoms with Crippen molar-refractivity contribution in [2.24, 2.45) is 0 Å². The van der Waals surface area contributed by atoms with Crippen molar-refractivity contribution in [1.29, 1.82) is 0 Å². The molecule has 0 saturated heterocycles. The molecule has 0 saturated carbocycles. The summed E-state index contributed by atoms with van der Waals surface area (Å²) in [5.41, 5.74) is -0.806. The van der Waals surface area contributed by atoms with E-state index in [1.807, 2.05) is 4.72 Å². The summed E-state index contributed by atoms with van der Waals surface area (Å²) in [7, 11) is -2.99. The van der Waals surface area contributed by atoms with Crippen LogP contribution in [-0.4, -0.2) is 28.0 Å². The molecule has 25 heavy (non-hydrogen) atoms. The number of hydrogen-bond acceptors (Lipinski definition) is 4. The number of halogens is 2. The van der Waals surface area contributed by atoms with E-state index in [2.05, 4.69) is 5.32 Å². The van der Waals surface area contributed by atoms with Crippen LogP contribution >= 0.6 is 0 Å². The molecule has 2 N–H and O–H groups in total. The summed E-state index contributed by atoms with van der Waals surface area (Å²) < 4.78 is 59.1. The summed E-state index contributed by atoms with van der Waals surface area (Å²) in [4.78, 5) is 11.7. The van der Waals surface area contributed by atoms with E-state index in [-0.39, 0.29) is 16.2 Å². The number of sulfonamides is 1. The molecule has 0 aromatic heterocycles. The van der Waals surface area contributed by atoms with Gasteiger partial charge in [0.1, 0.15) is 23.1 Å². The summed E-state index contributed by atoms with van der Waals surface area (Å²) in [5.74, 6) is -2.47. The van der Waals surface area contributed by atoms with Crippen molar-refractivity contribution in [2.75, 3.05) is 18.4 Å². The molecule has 6 nitrogen and oxygen atoms in total. The maximum Gasteiger partial charge on any atom is 0.262 e. The Labute approximate surface area is 143 Å². The van der Waals surface area contributed by atoms with Gasteiger partial charge in [-0.05, 0) is 37.3 Å². The Morgan fingerprint density at radius 2 is 1.80 bits per heavy atom. The van der Waals surface area contributed by atoms with Crippen molar-refractivity contribution in [1.82, 2.24) is 5.32 Å². The topological polar surface area (TPSA) is 84.5 Å². The van der Waals surface area contributed by atoms with Crippen molar-refractivity contribution in [3.63, 3.8) is 0 Å². The summed E-state index contributed by atoms with van der Waals surface area (Å²) >= 11 is 0. The van der Waals surface area contributed by atoms with Gasteiger partial charge in [0.25, 0.3) is 15.9 Å². The molecule has 0 aliphatic rings. The molecule has 0 aliphatic carbocycles. The van der Waals surface area contributed by atoms with E-state index < -0.39 is 33.3 Å². The fourth-order valence-corrected chi connectivity index (χ4v) is 3.18. The molecule has 2 rings (SSSR count). The largest absolute Gasteiger partial charge is 0.496 e. The van der Waals surface area contributed by atoms with E-state index in [0.29, 0.717) is 6.54 Å². The highest BCUT2D eigenvalue weighted by molar-refractivity contribution is 7.92. The van der Waals surface area contributed by atoms with Gasteiger partial charge < -0.3 is 10.1 Å². The number of rotatable bonds is 6. The second-order valence-electron chi connectivity index (χ2n) is 4.92. The van der Waals surface area contributed by atoms with Crippen LogP contribution in [0.2, 0.25) is 0 Å². The third-order valence-electron chi connectivity index (χ3n) is 3.26. The van der Waals surface area contributed by atoms with Crippen molar-refractivity contribution in [2.45, 2.75) is 11.8 Å². The lowest BCUT2D eigenvalue weighted by molar-refractivity contribution is 0.0952. The van der Waals surface area contributed by atoms with E-state index in [0.717, 1.165) is 24.3 Å². The van der Waals surface area contributed by atoms with Gasteiger partial charge in [-0.3, -0.25) is 9.52 Å². The first kappa shape index (κ1) is 18.7. The SMILES string of the molecule is CCNC(=O)c1cc(S(=O)(=O)Nc2c(F)cccc2F)ccc1OC. The average Bonchev–Trinajstić information content (AvgIpc) is 2.58. The van der Waals surface area contributed by atoms with Crippen LogP contribution in [0.1, 0.15) is 17.3 Å². The van der Waals surface area contributed by atoms with Crippen LogP contribution in [0.25, 0.3) is 0 Å². The number of amides is 1. The van der Waals surface area contributed by atoms with Gasteiger partial charge in [-0.1, -0.05) is 6.07 Å². The summed E-state index contributed by atoms with van der Waals surface area (Å²) in [6.45, 7) is 2.03. The minimum Gasteiger partial charge on any atom is -0.496 e. The van der Waals surface area contributed by atoms with Crippen LogP contribution in [0.5, 0.6) is 5.75 Å². The van der Waals surface area contributed by atoms with Gasteiger partial charge in [-0.15, -0.1) is 0 Å². The zero-order valence-corrected chi connectivity index (χ0v) is 14.3. The summed E-state index contributed by atoms with van der Waals surface area (Å²) in [6.07, 6.45) is 0. The van der Waals surface area contributed by atoms with Gasteiger partial charge in [0, 0.05) is 6.54 Å². The fourth-order valence-electron chi connectivity index (χ4n) is 2.08. The van der Waals surface area contributed by atoms with E-state index in [1.54, 1.807) is 6.92 Å². The summed E-state index contributed by atoms with van der Waals surface area (Å²) in [6, 6.07) is 6.50. The number of carbonyl (C=O) groups is 1. The molecular formula is C16H16F2N2O4S. The van der Waals surface area contributed by atoms with Crippen molar-refractivity contribution < 1.29 is 26.7 Å². The molecule has 0 aliphatic heterocycles. The average molecular weight is 370 g/mol. The molecular weight excluding hydrogens is 354 g/mol. The van der Waals surface area contributed by atoms with Crippen LogP contribution in [0.3, 0.4) is 0 Å². The first-order valence-corrected chi connectivity index (χ1v) is 8.71. The Balaban J connectivity index is 2.46. The zero-order chi connectivity index (χ0) is 18.6. The molecule has 0 fully saturated rings. The third-order valence-corrected chi connectivity index (χ3v) is 4.61. The van der Waals surface area contributed by atoms with Crippen LogP contribution in [0, 0.1) is 11.6 Å². The molecule has 0 radical (unpaired) electrons. The number of methoxy groups -OCH3 is 1. The van der Waals surface area contributed by atoms with Gasteiger partial charge in [0.15, 0.2) is 0 Å². The number of hydrogen-bond donors (Lipinski definition) is 2. The van der Waals surface area contributed by atoms with Crippen LogP contribution in [0.4, 0.5) is 14.5 Å². The van der Waals surface area contributed by atoms with E-state index in [9.17, 15) is 22.0 Å². The normalized spacial score (nSPS) is 11.0. The number of carbonyl (C=O) groups excluding carboxylic acids is 1.